The van der Waals surface area contributed by atoms with Crippen LogP contribution in [0, 0.1) is 0 Å². The third-order valence-electron chi connectivity index (χ3n) is 5.09. The van der Waals surface area contributed by atoms with E-state index in [1.54, 1.807) is 0 Å². The van der Waals surface area contributed by atoms with E-state index in [0.717, 1.165) is 48.2 Å². The SMILES string of the molecule is CCNC(=NCc1ccc(N2CCCC2=O)cc1)NCCOc1ccc2c(c1)OCO2. The van der Waals surface area contributed by atoms with E-state index < -0.39 is 0 Å². The number of nitrogens with zero attached hydrogens (tertiary/aromatic N) is 2. The number of anilines is 1. The molecule has 8 heteroatoms. The third kappa shape index (κ3) is 5.39. The van der Waals surface area contributed by atoms with Gasteiger partial charge in [-0.3, -0.25) is 4.79 Å². The Labute approximate surface area is 182 Å². The largest absolute Gasteiger partial charge is 0.492 e. The molecule has 2 heterocycles. The van der Waals surface area contributed by atoms with Crippen molar-refractivity contribution in [2.45, 2.75) is 26.3 Å². The highest BCUT2D eigenvalue weighted by molar-refractivity contribution is 5.95. The van der Waals surface area contributed by atoms with Crippen molar-refractivity contribution in [3.8, 4) is 17.2 Å². The number of nitrogens with one attached hydrogen (secondary N) is 2. The molecule has 0 saturated carbocycles. The number of carbonyl (C=O) groups is 1. The molecular weight excluding hydrogens is 396 g/mol. The van der Waals surface area contributed by atoms with Crippen LogP contribution in [0.5, 0.6) is 17.2 Å². The third-order valence-corrected chi connectivity index (χ3v) is 5.09. The molecule has 8 nitrogen and oxygen atoms in total. The van der Waals surface area contributed by atoms with Crippen LogP contribution in [-0.4, -0.2) is 44.9 Å². The topological polar surface area (TPSA) is 84.4 Å². The maximum atomic E-state index is 11.9. The average molecular weight is 425 g/mol. The van der Waals surface area contributed by atoms with Crippen molar-refractivity contribution in [3.05, 3.63) is 48.0 Å². The Morgan fingerprint density at radius 2 is 1.97 bits per heavy atom. The van der Waals surface area contributed by atoms with E-state index in [2.05, 4.69) is 15.6 Å². The van der Waals surface area contributed by atoms with Gasteiger partial charge in [0.15, 0.2) is 17.5 Å². The first-order chi connectivity index (χ1) is 15.2. The second-order valence-corrected chi connectivity index (χ2v) is 7.30. The number of hydrogen-bond donors (Lipinski definition) is 2. The van der Waals surface area contributed by atoms with E-state index in [9.17, 15) is 4.79 Å². The Bertz CT molecular complexity index is 930. The minimum absolute atomic E-state index is 0.201. The molecule has 0 bridgehead atoms. The minimum Gasteiger partial charge on any atom is -0.492 e. The first kappa shape index (κ1) is 20.8. The Kier molecular flexibility index (Phi) is 6.76. The lowest BCUT2D eigenvalue weighted by atomic mass is 10.2. The fourth-order valence-corrected chi connectivity index (χ4v) is 3.52. The average Bonchev–Trinajstić information content (AvgIpc) is 3.43. The molecule has 0 aromatic heterocycles. The lowest BCUT2D eigenvalue weighted by Gasteiger charge is -2.16. The van der Waals surface area contributed by atoms with Crippen LogP contribution in [0.25, 0.3) is 0 Å². The van der Waals surface area contributed by atoms with Crippen molar-refractivity contribution < 1.29 is 19.0 Å². The van der Waals surface area contributed by atoms with Crippen molar-refractivity contribution in [2.24, 2.45) is 4.99 Å². The number of guanidine groups is 1. The molecule has 0 spiro atoms. The van der Waals surface area contributed by atoms with E-state index >= 15 is 0 Å². The van der Waals surface area contributed by atoms with Crippen molar-refractivity contribution >= 4 is 17.6 Å². The zero-order valence-electron chi connectivity index (χ0n) is 17.7. The van der Waals surface area contributed by atoms with Gasteiger partial charge in [0.25, 0.3) is 0 Å². The molecule has 31 heavy (non-hydrogen) atoms. The summed E-state index contributed by atoms with van der Waals surface area (Å²) in [4.78, 5) is 18.4. The number of ether oxygens (including phenoxy) is 3. The summed E-state index contributed by atoms with van der Waals surface area (Å²) in [5.41, 5.74) is 2.05. The van der Waals surface area contributed by atoms with Crippen LogP contribution >= 0.6 is 0 Å². The molecule has 2 N–H and O–H groups in total. The first-order valence-electron chi connectivity index (χ1n) is 10.7. The second kappa shape index (κ2) is 10.1. The zero-order valence-corrected chi connectivity index (χ0v) is 17.7. The molecule has 164 valence electrons. The minimum atomic E-state index is 0.201. The van der Waals surface area contributed by atoms with Crippen LogP contribution in [0.3, 0.4) is 0 Å². The van der Waals surface area contributed by atoms with E-state index in [0.29, 0.717) is 31.9 Å². The molecule has 0 radical (unpaired) electrons. The van der Waals surface area contributed by atoms with Gasteiger partial charge in [-0.1, -0.05) is 12.1 Å². The predicted octanol–water partition coefficient (Wildman–Crippen LogP) is 2.68. The summed E-state index contributed by atoms with van der Waals surface area (Å²) < 4.78 is 16.5. The maximum absolute atomic E-state index is 11.9. The van der Waals surface area contributed by atoms with Crippen LogP contribution in [0.1, 0.15) is 25.3 Å². The summed E-state index contributed by atoms with van der Waals surface area (Å²) >= 11 is 0. The lowest BCUT2D eigenvalue weighted by Crippen LogP contribution is -2.39. The van der Waals surface area contributed by atoms with E-state index in [1.165, 1.54) is 0 Å². The summed E-state index contributed by atoms with van der Waals surface area (Å²) in [6.07, 6.45) is 1.57. The molecule has 0 atom stereocenters. The van der Waals surface area contributed by atoms with Crippen LogP contribution in [-0.2, 0) is 11.3 Å². The zero-order chi connectivity index (χ0) is 21.5. The van der Waals surface area contributed by atoms with Gasteiger partial charge in [0.1, 0.15) is 12.4 Å². The molecule has 0 aliphatic carbocycles. The molecule has 0 unspecified atom stereocenters. The number of fused-ring (bicyclic) bond motifs is 1. The second-order valence-electron chi connectivity index (χ2n) is 7.30. The fraction of sp³-hybridized carbons (Fsp3) is 0.391. The van der Waals surface area contributed by atoms with Gasteiger partial charge in [-0.05, 0) is 43.2 Å². The Morgan fingerprint density at radius 1 is 1.13 bits per heavy atom. The first-order valence-corrected chi connectivity index (χ1v) is 10.7. The van der Waals surface area contributed by atoms with E-state index in [1.807, 2.05) is 54.3 Å². The van der Waals surface area contributed by atoms with Crippen molar-refractivity contribution in [3.63, 3.8) is 0 Å². The van der Waals surface area contributed by atoms with Gasteiger partial charge in [0.2, 0.25) is 12.7 Å². The molecule has 2 aromatic carbocycles. The molecule has 2 aliphatic heterocycles. The van der Waals surface area contributed by atoms with Gasteiger partial charge in [-0.2, -0.15) is 0 Å². The quantitative estimate of drug-likeness (QED) is 0.385. The number of hydrogen-bond acceptors (Lipinski definition) is 5. The standard InChI is InChI=1S/C23H28N4O4/c1-2-24-23(25-11-13-29-19-9-10-20-21(14-19)31-16-30-20)26-15-17-5-7-18(8-6-17)27-12-3-4-22(27)28/h5-10,14H,2-4,11-13,15-16H2,1H3,(H2,24,25,26). The summed E-state index contributed by atoms with van der Waals surface area (Å²) in [6.45, 7) is 5.50. The van der Waals surface area contributed by atoms with Gasteiger partial charge in [-0.15, -0.1) is 0 Å². The molecule has 1 fully saturated rings. The van der Waals surface area contributed by atoms with Gasteiger partial charge in [-0.25, -0.2) is 4.99 Å². The summed E-state index contributed by atoms with van der Waals surface area (Å²) in [7, 11) is 0. The van der Waals surface area contributed by atoms with Crippen molar-refractivity contribution in [2.75, 3.05) is 37.9 Å². The number of amides is 1. The number of rotatable bonds is 8. The van der Waals surface area contributed by atoms with E-state index in [-0.39, 0.29) is 12.7 Å². The molecular formula is C23H28N4O4. The van der Waals surface area contributed by atoms with Crippen LogP contribution in [0.2, 0.25) is 0 Å². The highest BCUT2D eigenvalue weighted by Crippen LogP contribution is 2.35. The molecule has 1 amide bonds. The van der Waals surface area contributed by atoms with Gasteiger partial charge >= 0.3 is 0 Å². The Balaban J connectivity index is 1.25. The fourth-order valence-electron chi connectivity index (χ4n) is 3.52. The van der Waals surface area contributed by atoms with Crippen molar-refractivity contribution in [1.82, 2.24) is 10.6 Å². The van der Waals surface area contributed by atoms with Crippen molar-refractivity contribution in [1.29, 1.82) is 0 Å². The maximum Gasteiger partial charge on any atom is 0.231 e. The number of benzene rings is 2. The number of aliphatic imine (C=N–C) groups is 1. The predicted molar refractivity (Wildman–Crippen MR) is 119 cm³/mol. The summed E-state index contributed by atoms with van der Waals surface area (Å²) in [6, 6.07) is 13.6. The lowest BCUT2D eigenvalue weighted by molar-refractivity contribution is -0.117. The summed E-state index contributed by atoms with van der Waals surface area (Å²) in [5, 5.41) is 6.52. The van der Waals surface area contributed by atoms with Crippen LogP contribution in [0.15, 0.2) is 47.5 Å². The molecule has 2 aromatic rings. The normalized spacial score (nSPS) is 15.3. The smallest absolute Gasteiger partial charge is 0.231 e. The molecule has 4 rings (SSSR count). The van der Waals surface area contributed by atoms with Crippen LogP contribution in [0.4, 0.5) is 5.69 Å². The highest BCUT2D eigenvalue weighted by Gasteiger charge is 2.21. The number of carbonyl (C=O) groups excluding carboxylic acids is 1. The van der Waals surface area contributed by atoms with Gasteiger partial charge < -0.3 is 29.7 Å². The monoisotopic (exact) mass is 424 g/mol. The Morgan fingerprint density at radius 3 is 2.74 bits per heavy atom. The Hall–Kier alpha value is -3.42. The summed E-state index contributed by atoms with van der Waals surface area (Å²) in [5.74, 6) is 3.13. The van der Waals surface area contributed by atoms with Crippen LogP contribution < -0.4 is 29.7 Å². The highest BCUT2D eigenvalue weighted by atomic mass is 16.7. The van der Waals surface area contributed by atoms with E-state index in [4.69, 9.17) is 14.2 Å². The molecule has 1 saturated heterocycles. The van der Waals surface area contributed by atoms with Gasteiger partial charge in [0.05, 0.1) is 13.1 Å². The van der Waals surface area contributed by atoms with Gasteiger partial charge in [0, 0.05) is 31.3 Å². The molecule has 2 aliphatic rings.